The van der Waals surface area contributed by atoms with E-state index in [0.717, 1.165) is 5.56 Å². The number of carbonyl (C=O) groups is 1. The summed E-state index contributed by atoms with van der Waals surface area (Å²) in [5.41, 5.74) is 1.09. The highest BCUT2D eigenvalue weighted by molar-refractivity contribution is 14.1. The summed E-state index contributed by atoms with van der Waals surface area (Å²) >= 11 is 1.83. The summed E-state index contributed by atoms with van der Waals surface area (Å²) in [5.74, 6) is 0.0248. The van der Waals surface area contributed by atoms with Crippen LogP contribution in [0.25, 0.3) is 0 Å². The van der Waals surface area contributed by atoms with Gasteiger partial charge in [-0.1, -0.05) is 37.3 Å². The molecule has 0 aromatic heterocycles. The highest BCUT2D eigenvalue weighted by Crippen LogP contribution is 2.17. The molecule has 1 aromatic rings. The van der Waals surface area contributed by atoms with E-state index in [1.165, 1.54) is 0 Å². The molecular formula is C9H9IO. The molecular weight excluding hydrogens is 251 g/mol. The van der Waals surface area contributed by atoms with Gasteiger partial charge in [0, 0.05) is 28.5 Å². The number of hydrogen-bond acceptors (Lipinski definition) is 1. The van der Waals surface area contributed by atoms with Crippen molar-refractivity contribution >= 4 is 26.4 Å². The second-order valence-corrected chi connectivity index (χ2v) is 3.50. The zero-order chi connectivity index (χ0) is 8.27. The summed E-state index contributed by atoms with van der Waals surface area (Å²) in [6.45, 7) is 1.92. The molecule has 0 amide bonds. The third-order valence-corrected chi connectivity index (χ3v) is 2.57. The first-order valence-electron chi connectivity index (χ1n) is 3.46. The molecule has 0 aliphatic rings. The lowest BCUT2D eigenvalue weighted by Gasteiger charge is -2.04. The minimum absolute atomic E-state index is 0.0248. The molecule has 11 heavy (non-hydrogen) atoms. The lowest BCUT2D eigenvalue weighted by molar-refractivity contribution is -0.110. The van der Waals surface area contributed by atoms with Crippen molar-refractivity contribution in [3.8, 4) is 0 Å². The molecule has 0 saturated carbocycles. The Hall–Kier alpha value is -0.380. The van der Waals surface area contributed by atoms with Crippen molar-refractivity contribution in [2.24, 2.45) is 0 Å². The molecule has 1 aromatic carbocycles. The first-order valence-corrected chi connectivity index (χ1v) is 4.54. The van der Waals surface area contributed by atoms with Gasteiger partial charge in [-0.15, -0.1) is 0 Å². The molecule has 0 bridgehead atoms. The smallest absolute Gasteiger partial charge is 0.199 e. The van der Waals surface area contributed by atoms with Crippen LogP contribution in [0.5, 0.6) is 0 Å². The predicted octanol–water partition coefficient (Wildman–Crippen LogP) is 2.75. The van der Waals surface area contributed by atoms with E-state index in [4.69, 9.17) is 0 Å². The lowest BCUT2D eigenvalue weighted by atomic mass is 10.0. The van der Waals surface area contributed by atoms with Crippen molar-refractivity contribution in [2.75, 3.05) is 0 Å². The van der Waals surface area contributed by atoms with Crippen molar-refractivity contribution in [1.29, 1.82) is 0 Å². The van der Waals surface area contributed by atoms with Crippen LogP contribution in [0.3, 0.4) is 0 Å². The summed E-state index contributed by atoms with van der Waals surface area (Å²) in [4.78, 5) is 10.9. The maximum atomic E-state index is 10.9. The minimum atomic E-state index is 0.0248. The van der Waals surface area contributed by atoms with Crippen molar-refractivity contribution in [3.05, 3.63) is 35.9 Å². The van der Waals surface area contributed by atoms with Gasteiger partial charge in [-0.3, -0.25) is 4.79 Å². The average molecular weight is 260 g/mol. The molecule has 0 aliphatic heterocycles. The van der Waals surface area contributed by atoms with Crippen LogP contribution in [0.2, 0.25) is 0 Å². The van der Waals surface area contributed by atoms with E-state index in [1.807, 2.05) is 59.8 Å². The van der Waals surface area contributed by atoms with E-state index in [2.05, 4.69) is 0 Å². The molecule has 58 valence electrons. The Balaban J connectivity index is 2.85. The SMILES string of the molecule is CC(C(=O)I)c1ccccc1. The van der Waals surface area contributed by atoms with Crippen LogP contribution in [0.15, 0.2) is 30.3 Å². The van der Waals surface area contributed by atoms with Crippen LogP contribution in [-0.2, 0) is 4.79 Å². The molecule has 2 heteroatoms. The minimum Gasteiger partial charge on any atom is -0.287 e. The van der Waals surface area contributed by atoms with Crippen molar-refractivity contribution in [3.63, 3.8) is 0 Å². The average Bonchev–Trinajstić information content (AvgIpc) is 2.05. The Labute approximate surface area is 79.9 Å². The molecule has 0 saturated heterocycles. The van der Waals surface area contributed by atoms with Crippen LogP contribution in [0, 0.1) is 0 Å². The van der Waals surface area contributed by atoms with E-state index in [9.17, 15) is 4.79 Å². The van der Waals surface area contributed by atoms with Crippen LogP contribution in [0.1, 0.15) is 18.4 Å². The third-order valence-electron chi connectivity index (χ3n) is 1.64. The summed E-state index contributed by atoms with van der Waals surface area (Å²) in [6, 6.07) is 9.80. The fourth-order valence-electron chi connectivity index (χ4n) is 0.873. The topological polar surface area (TPSA) is 17.1 Å². The Bertz CT molecular complexity index is 243. The number of halogens is 1. The molecule has 0 spiro atoms. The van der Waals surface area contributed by atoms with Crippen molar-refractivity contribution in [1.82, 2.24) is 0 Å². The van der Waals surface area contributed by atoms with Gasteiger partial charge in [0.15, 0.2) is 3.79 Å². The standard InChI is InChI=1S/C9H9IO/c1-7(9(10)11)8-5-3-2-4-6-8/h2-7H,1H3. The maximum Gasteiger partial charge on any atom is 0.199 e. The number of rotatable bonds is 2. The van der Waals surface area contributed by atoms with E-state index in [1.54, 1.807) is 0 Å². The number of benzene rings is 1. The first kappa shape index (κ1) is 8.71. The highest BCUT2D eigenvalue weighted by Gasteiger charge is 2.09. The van der Waals surface area contributed by atoms with Gasteiger partial charge >= 0.3 is 0 Å². The fraction of sp³-hybridized carbons (Fsp3) is 0.222. The van der Waals surface area contributed by atoms with Crippen molar-refractivity contribution in [2.45, 2.75) is 12.8 Å². The van der Waals surface area contributed by atoms with E-state index >= 15 is 0 Å². The molecule has 0 fully saturated rings. The predicted molar refractivity (Wildman–Crippen MR) is 53.9 cm³/mol. The fourth-order valence-corrected chi connectivity index (χ4v) is 1.23. The van der Waals surface area contributed by atoms with Gasteiger partial charge in [0.05, 0.1) is 0 Å². The first-order chi connectivity index (χ1) is 5.22. The zero-order valence-corrected chi connectivity index (χ0v) is 8.41. The molecule has 0 heterocycles. The normalized spacial score (nSPS) is 12.5. The number of carbonyl (C=O) groups excluding carboxylic acids is 1. The van der Waals surface area contributed by atoms with E-state index in [-0.39, 0.29) is 9.71 Å². The lowest BCUT2D eigenvalue weighted by Crippen LogP contribution is -1.99. The second kappa shape index (κ2) is 3.85. The van der Waals surface area contributed by atoms with Gasteiger partial charge in [0.2, 0.25) is 0 Å². The highest BCUT2D eigenvalue weighted by atomic mass is 127. The Kier molecular flexibility index (Phi) is 3.05. The van der Waals surface area contributed by atoms with Crippen LogP contribution < -0.4 is 0 Å². The zero-order valence-electron chi connectivity index (χ0n) is 6.25. The Morgan fingerprint density at radius 1 is 1.36 bits per heavy atom. The van der Waals surface area contributed by atoms with Gasteiger partial charge in [0.25, 0.3) is 0 Å². The summed E-state index contributed by atoms with van der Waals surface area (Å²) < 4.78 is 0.189. The third kappa shape index (κ3) is 2.29. The van der Waals surface area contributed by atoms with Crippen LogP contribution >= 0.6 is 22.6 Å². The molecule has 0 N–H and O–H groups in total. The van der Waals surface area contributed by atoms with Gasteiger partial charge in [-0.2, -0.15) is 0 Å². The summed E-state index contributed by atoms with van der Waals surface area (Å²) in [5, 5.41) is 0. The molecule has 1 atom stereocenters. The quantitative estimate of drug-likeness (QED) is 0.590. The maximum absolute atomic E-state index is 10.9. The Morgan fingerprint density at radius 3 is 2.36 bits per heavy atom. The molecule has 0 aliphatic carbocycles. The van der Waals surface area contributed by atoms with Gasteiger partial charge in [0.1, 0.15) is 0 Å². The molecule has 0 radical (unpaired) electrons. The largest absolute Gasteiger partial charge is 0.287 e. The molecule has 1 rings (SSSR count). The van der Waals surface area contributed by atoms with E-state index in [0.29, 0.717) is 0 Å². The monoisotopic (exact) mass is 260 g/mol. The number of hydrogen-bond donors (Lipinski definition) is 0. The summed E-state index contributed by atoms with van der Waals surface area (Å²) in [6.07, 6.45) is 0. The van der Waals surface area contributed by atoms with Crippen LogP contribution in [-0.4, -0.2) is 3.79 Å². The molecule has 1 unspecified atom stereocenters. The van der Waals surface area contributed by atoms with Gasteiger partial charge < -0.3 is 0 Å². The van der Waals surface area contributed by atoms with E-state index < -0.39 is 0 Å². The second-order valence-electron chi connectivity index (χ2n) is 2.44. The van der Waals surface area contributed by atoms with Crippen LogP contribution in [0.4, 0.5) is 0 Å². The summed E-state index contributed by atoms with van der Waals surface area (Å²) in [7, 11) is 0. The Morgan fingerprint density at radius 2 is 1.91 bits per heavy atom. The molecule has 1 nitrogen and oxygen atoms in total. The van der Waals surface area contributed by atoms with Gasteiger partial charge in [-0.25, -0.2) is 0 Å². The van der Waals surface area contributed by atoms with Gasteiger partial charge in [-0.05, 0) is 5.56 Å². The van der Waals surface area contributed by atoms with Crippen molar-refractivity contribution < 1.29 is 4.79 Å².